The van der Waals surface area contributed by atoms with Crippen LogP contribution in [-0.2, 0) is 11.0 Å². The van der Waals surface area contributed by atoms with Crippen LogP contribution in [0, 0.1) is 6.92 Å². The maximum absolute atomic E-state index is 13.4. The van der Waals surface area contributed by atoms with Crippen LogP contribution in [0.25, 0.3) is 5.65 Å². The van der Waals surface area contributed by atoms with Crippen LogP contribution in [0.4, 0.5) is 13.2 Å². The summed E-state index contributed by atoms with van der Waals surface area (Å²) in [4.78, 5) is 17.5. The molecule has 0 fully saturated rings. The van der Waals surface area contributed by atoms with Gasteiger partial charge in [-0.25, -0.2) is 4.98 Å². The minimum Gasteiger partial charge on any atom is -0.350 e. The number of alkyl halides is 3. The lowest BCUT2D eigenvalue weighted by molar-refractivity contribution is -0.137. The van der Waals surface area contributed by atoms with Gasteiger partial charge < -0.3 is 9.72 Å². The average Bonchev–Trinajstić information content (AvgIpc) is 3.23. The van der Waals surface area contributed by atoms with Crippen LogP contribution in [0.2, 0.25) is 0 Å². The number of pyridine rings is 1. The van der Waals surface area contributed by atoms with E-state index in [-0.39, 0.29) is 18.4 Å². The van der Waals surface area contributed by atoms with Crippen molar-refractivity contribution in [3.8, 4) is 0 Å². The Kier molecular flexibility index (Phi) is 6.22. The highest BCUT2D eigenvalue weighted by atomic mass is 19.4. The van der Waals surface area contributed by atoms with Gasteiger partial charge >= 0.3 is 6.18 Å². The number of benzene rings is 2. The number of carbonyl (C=O) groups excluding carboxylic acids is 1. The molecule has 0 aliphatic heterocycles. The minimum absolute atomic E-state index is 0.0137. The maximum Gasteiger partial charge on any atom is 0.416 e. The van der Waals surface area contributed by atoms with Crippen molar-refractivity contribution >= 4 is 11.6 Å². The Morgan fingerprint density at radius 1 is 1.03 bits per heavy atom. The molecule has 4 nitrogen and oxygen atoms in total. The van der Waals surface area contributed by atoms with Gasteiger partial charge in [0.15, 0.2) is 0 Å². The third kappa shape index (κ3) is 4.92. The highest BCUT2D eigenvalue weighted by Gasteiger charge is 2.32. The van der Waals surface area contributed by atoms with E-state index in [1.54, 1.807) is 12.3 Å². The molecule has 2 heterocycles. The van der Waals surface area contributed by atoms with Gasteiger partial charge in [0.05, 0.1) is 17.3 Å². The first-order valence-corrected chi connectivity index (χ1v) is 10.7. The van der Waals surface area contributed by atoms with Crippen LogP contribution in [0.15, 0.2) is 79.1 Å². The molecule has 2 aromatic heterocycles. The van der Waals surface area contributed by atoms with Crippen molar-refractivity contribution in [2.45, 2.75) is 38.4 Å². The van der Waals surface area contributed by atoms with E-state index in [1.807, 2.05) is 66.9 Å². The van der Waals surface area contributed by atoms with Gasteiger partial charge in [-0.1, -0.05) is 54.6 Å². The molecule has 0 saturated heterocycles. The molecule has 0 radical (unpaired) electrons. The zero-order valence-corrected chi connectivity index (χ0v) is 18.3. The van der Waals surface area contributed by atoms with Gasteiger partial charge in [0.25, 0.3) is 0 Å². The second kappa shape index (κ2) is 9.10. The Labute approximate surface area is 190 Å². The second-order valence-corrected chi connectivity index (χ2v) is 8.15. The predicted molar refractivity (Wildman–Crippen MR) is 121 cm³/mol. The van der Waals surface area contributed by atoms with Crippen LogP contribution in [-0.4, -0.2) is 15.3 Å². The number of imidazole rings is 1. The summed E-state index contributed by atoms with van der Waals surface area (Å²) in [6.07, 6.45) is -1.03. The largest absolute Gasteiger partial charge is 0.416 e. The number of rotatable bonds is 6. The summed E-state index contributed by atoms with van der Waals surface area (Å²) in [5.74, 6) is -0.858. The van der Waals surface area contributed by atoms with E-state index in [4.69, 9.17) is 0 Å². The van der Waals surface area contributed by atoms with Gasteiger partial charge in [0.1, 0.15) is 5.65 Å². The van der Waals surface area contributed by atoms with E-state index >= 15 is 0 Å². The Hall–Kier alpha value is -3.61. The molecule has 170 valence electrons. The molecule has 33 heavy (non-hydrogen) atoms. The Morgan fingerprint density at radius 2 is 1.76 bits per heavy atom. The molecule has 2 aromatic carbocycles. The Morgan fingerprint density at radius 3 is 2.48 bits per heavy atom. The highest BCUT2D eigenvalue weighted by molar-refractivity contribution is 5.78. The fourth-order valence-corrected chi connectivity index (χ4v) is 4.06. The number of amides is 1. The summed E-state index contributed by atoms with van der Waals surface area (Å²) in [5, 5.41) is 2.97. The molecule has 7 heteroatoms. The molecule has 0 aliphatic carbocycles. The van der Waals surface area contributed by atoms with Crippen LogP contribution in [0.1, 0.15) is 53.3 Å². The van der Waals surface area contributed by atoms with Gasteiger partial charge in [-0.2, -0.15) is 13.2 Å². The molecule has 0 aliphatic rings. The van der Waals surface area contributed by atoms with Crippen molar-refractivity contribution in [3.05, 3.63) is 107 Å². The van der Waals surface area contributed by atoms with Crippen molar-refractivity contribution in [1.82, 2.24) is 14.7 Å². The van der Waals surface area contributed by atoms with Crippen LogP contribution in [0.3, 0.4) is 0 Å². The number of fused-ring (bicyclic) bond motifs is 1. The van der Waals surface area contributed by atoms with Gasteiger partial charge in [0.2, 0.25) is 5.91 Å². The van der Waals surface area contributed by atoms with Crippen molar-refractivity contribution in [2.75, 3.05) is 0 Å². The molecule has 2 unspecified atom stereocenters. The Balaban J connectivity index is 1.70. The number of nitrogens with one attached hydrogen (secondary N) is 1. The summed E-state index contributed by atoms with van der Waals surface area (Å²) < 4.78 is 42.1. The molecular formula is C26H24F3N3O. The first kappa shape index (κ1) is 22.6. The van der Waals surface area contributed by atoms with Crippen molar-refractivity contribution in [3.63, 3.8) is 0 Å². The number of hydrogen-bond donors (Lipinski definition) is 1. The lowest BCUT2D eigenvalue weighted by Gasteiger charge is -2.21. The monoisotopic (exact) mass is 451 g/mol. The highest BCUT2D eigenvalue weighted by Crippen LogP contribution is 2.35. The van der Waals surface area contributed by atoms with Crippen LogP contribution >= 0.6 is 0 Å². The maximum atomic E-state index is 13.4. The quantitative estimate of drug-likeness (QED) is 0.387. The van der Waals surface area contributed by atoms with Crippen molar-refractivity contribution < 1.29 is 18.0 Å². The van der Waals surface area contributed by atoms with E-state index in [0.29, 0.717) is 16.9 Å². The van der Waals surface area contributed by atoms with E-state index in [0.717, 1.165) is 23.3 Å². The van der Waals surface area contributed by atoms with E-state index in [1.165, 1.54) is 6.07 Å². The summed E-state index contributed by atoms with van der Waals surface area (Å²) in [6, 6.07) is 18.2. The van der Waals surface area contributed by atoms with E-state index in [9.17, 15) is 18.0 Å². The average molecular weight is 451 g/mol. The molecular weight excluding hydrogens is 427 g/mol. The summed E-state index contributed by atoms with van der Waals surface area (Å²) >= 11 is 0. The van der Waals surface area contributed by atoms with Gasteiger partial charge in [-0.3, -0.25) is 4.79 Å². The molecule has 1 N–H and O–H groups in total. The number of halogens is 3. The zero-order chi connectivity index (χ0) is 23.6. The fraction of sp³-hybridized carbons (Fsp3) is 0.231. The van der Waals surface area contributed by atoms with Gasteiger partial charge in [-0.15, -0.1) is 0 Å². The molecule has 0 spiro atoms. The van der Waals surface area contributed by atoms with E-state index in [2.05, 4.69) is 10.3 Å². The number of carbonyl (C=O) groups is 1. The lowest BCUT2D eigenvalue weighted by atomic mass is 9.90. The minimum atomic E-state index is -4.47. The van der Waals surface area contributed by atoms with Crippen molar-refractivity contribution in [1.29, 1.82) is 0 Å². The van der Waals surface area contributed by atoms with Crippen molar-refractivity contribution in [2.24, 2.45) is 0 Å². The standard InChI is InChI=1S/C26H24F3N3O/c1-17-8-7-13-32-23(16-30-25(17)32)22(20-11-6-12-21(14-20)26(27,28)29)15-24(33)31-18(2)19-9-4-3-5-10-19/h3-14,16,18,22H,15H2,1-2H3,(H,31,33). The number of hydrogen-bond acceptors (Lipinski definition) is 2. The Bertz CT molecular complexity index is 1260. The molecule has 0 saturated carbocycles. The molecule has 0 bridgehead atoms. The fourth-order valence-electron chi connectivity index (χ4n) is 4.06. The smallest absolute Gasteiger partial charge is 0.350 e. The van der Waals surface area contributed by atoms with Crippen LogP contribution < -0.4 is 5.32 Å². The SMILES string of the molecule is Cc1cccn2c(C(CC(=O)NC(C)c3ccccc3)c3cccc(C(F)(F)F)c3)cnc12. The lowest BCUT2D eigenvalue weighted by Crippen LogP contribution is -2.28. The molecule has 1 amide bonds. The summed E-state index contributed by atoms with van der Waals surface area (Å²) in [6.45, 7) is 3.80. The topological polar surface area (TPSA) is 46.4 Å². The normalized spacial score (nSPS) is 13.6. The third-order valence-electron chi connectivity index (χ3n) is 5.80. The first-order chi connectivity index (χ1) is 15.7. The summed E-state index contributed by atoms with van der Waals surface area (Å²) in [7, 11) is 0. The second-order valence-electron chi connectivity index (χ2n) is 8.15. The zero-order valence-electron chi connectivity index (χ0n) is 18.3. The number of aromatic nitrogens is 2. The number of nitrogens with zero attached hydrogens (tertiary/aromatic N) is 2. The third-order valence-corrected chi connectivity index (χ3v) is 5.80. The molecule has 4 rings (SSSR count). The van der Waals surface area contributed by atoms with Gasteiger partial charge in [-0.05, 0) is 42.7 Å². The van der Waals surface area contributed by atoms with E-state index < -0.39 is 17.7 Å². The van der Waals surface area contributed by atoms with Gasteiger partial charge in [0, 0.05) is 24.7 Å². The molecule has 2 atom stereocenters. The predicted octanol–water partition coefficient (Wildman–Crippen LogP) is 6.06. The number of aryl methyl sites for hydroxylation is 1. The first-order valence-electron chi connectivity index (χ1n) is 10.7. The molecule has 4 aromatic rings. The summed E-state index contributed by atoms with van der Waals surface area (Å²) in [5.41, 5.74) is 2.93. The van der Waals surface area contributed by atoms with Crippen LogP contribution in [0.5, 0.6) is 0 Å².